The number of rotatable bonds is 2. The average Bonchev–Trinajstić information content (AvgIpc) is 2.87. The minimum Gasteiger partial charge on any atom is -0.508 e. The van der Waals surface area contributed by atoms with Crippen molar-refractivity contribution in [2.45, 2.75) is 12.5 Å². The van der Waals surface area contributed by atoms with Gasteiger partial charge in [0.05, 0.1) is 23.0 Å². The van der Waals surface area contributed by atoms with E-state index in [0.717, 1.165) is 24.4 Å². The summed E-state index contributed by atoms with van der Waals surface area (Å²) in [4.78, 5) is 17.6. The number of nitro benzene ring substituents is 1. The molecule has 98 valence electrons. The maximum absolute atomic E-state index is 10.8. The van der Waals surface area contributed by atoms with Gasteiger partial charge in [-0.05, 0) is 6.07 Å². The van der Waals surface area contributed by atoms with Crippen molar-refractivity contribution in [2.24, 2.45) is 0 Å². The number of phenols is 1. The van der Waals surface area contributed by atoms with E-state index in [9.17, 15) is 15.2 Å². The number of H-pyrrole nitrogens is 1. The van der Waals surface area contributed by atoms with Crippen LogP contribution in [0.4, 0.5) is 5.69 Å². The summed E-state index contributed by atoms with van der Waals surface area (Å²) in [5, 5.41) is 24.0. The minimum absolute atomic E-state index is 0.0268. The maximum Gasteiger partial charge on any atom is 0.270 e. The highest BCUT2D eigenvalue weighted by molar-refractivity contribution is 5.48. The van der Waals surface area contributed by atoms with Crippen molar-refractivity contribution in [3.63, 3.8) is 0 Å². The molecule has 1 aliphatic heterocycles. The number of imidazole rings is 1. The third-order valence-corrected chi connectivity index (χ3v) is 3.28. The Kier molecular flexibility index (Phi) is 2.68. The van der Waals surface area contributed by atoms with Crippen molar-refractivity contribution in [3.05, 3.63) is 51.6 Å². The molecule has 19 heavy (non-hydrogen) atoms. The number of nitro groups is 1. The molecule has 0 fully saturated rings. The zero-order valence-corrected chi connectivity index (χ0v) is 9.96. The van der Waals surface area contributed by atoms with Gasteiger partial charge in [0.2, 0.25) is 0 Å². The smallest absolute Gasteiger partial charge is 0.270 e. The third-order valence-electron chi connectivity index (χ3n) is 3.28. The number of fused-ring (bicyclic) bond motifs is 1. The lowest BCUT2D eigenvalue weighted by Gasteiger charge is -2.23. The van der Waals surface area contributed by atoms with Gasteiger partial charge in [-0.2, -0.15) is 0 Å². The number of aromatic amines is 1. The Morgan fingerprint density at radius 2 is 2.32 bits per heavy atom. The molecule has 0 saturated heterocycles. The number of hydrogen-bond acceptors (Lipinski definition) is 5. The average molecular weight is 260 g/mol. The minimum atomic E-state index is -0.475. The Morgan fingerprint density at radius 3 is 3.11 bits per heavy atom. The zero-order chi connectivity index (χ0) is 13.4. The molecule has 7 nitrogen and oxygen atoms in total. The van der Waals surface area contributed by atoms with Crippen LogP contribution < -0.4 is 5.32 Å². The van der Waals surface area contributed by atoms with Gasteiger partial charge in [0.15, 0.2) is 0 Å². The van der Waals surface area contributed by atoms with Crippen molar-refractivity contribution in [1.82, 2.24) is 15.3 Å². The van der Waals surface area contributed by atoms with Crippen molar-refractivity contribution < 1.29 is 10.0 Å². The Bertz CT molecular complexity index is 638. The van der Waals surface area contributed by atoms with Gasteiger partial charge in [-0.15, -0.1) is 0 Å². The number of benzene rings is 1. The summed E-state index contributed by atoms with van der Waals surface area (Å²) < 4.78 is 0. The van der Waals surface area contributed by atoms with Crippen LogP contribution in [0.1, 0.15) is 23.0 Å². The van der Waals surface area contributed by atoms with Crippen molar-refractivity contribution in [1.29, 1.82) is 0 Å². The van der Waals surface area contributed by atoms with Crippen LogP contribution in [0.2, 0.25) is 0 Å². The van der Waals surface area contributed by atoms with Crippen LogP contribution in [0.3, 0.4) is 0 Å². The van der Waals surface area contributed by atoms with Crippen LogP contribution >= 0.6 is 0 Å². The number of hydrogen-bond donors (Lipinski definition) is 3. The quantitative estimate of drug-likeness (QED) is 0.557. The zero-order valence-electron chi connectivity index (χ0n) is 9.96. The molecule has 1 atom stereocenters. The first kappa shape index (κ1) is 11.7. The Hall–Kier alpha value is -2.41. The second-order valence-corrected chi connectivity index (χ2v) is 4.40. The van der Waals surface area contributed by atoms with Crippen LogP contribution in [0.15, 0.2) is 24.5 Å². The topological polar surface area (TPSA) is 104 Å². The van der Waals surface area contributed by atoms with E-state index < -0.39 is 4.92 Å². The summed E-state index contributed by atoms with van der Waals surface area (Å²) in [6, 6.07) is 3.69. The van der Waals surface area contributed by atoms with E-state index >= 15 is 0 Å². The summed E-state index contributed by atoms with van der Waals surface area (Å²) in [7, 11) is 0. The Labute approximate surface area is 108 Å². The number of phenolic OH excluding ortho intramolecular Hbond substituents is 1. The number of nitrogens with one attached hydrogen (secondary N) is 2. The molecule has 1 aliphatic rings. The van der Waals surface area contributed by atoms with Gasteiger partial charge in [-0.25, -0.2) is 4.98 Å². The fourth-order valence-electron chi connectivity index (χ4n) is 2.36. The second kappa shape index (κ2) is 4.36. The van der Waals surface area contributed by atoms with Gasteiger partial charge in [0, 0.05) is 36.4 Å². The van der Waals surface area contributed by atoms with Gasteiger partial charge in [0.1, 0.15) is 5.75 Å². The van der Waals surface area contributed by atoms with Crippen LogP contribution in [0.25, 0.3) is 0 Å². The molecule has 0 amide bonds. The van der Waals surface area contributed by atoms with Gasteiger partial charge < -0.3 is 15.4 Å². The first-order chi connectivity index (χ1) is 9.16. The number of non-ortho nitro benzene ring substituents is 1. The lowest BCUT2D eigenvalue weighted by Crippen LogP contribution is -2.30. The highest BCUT2D eigenvalue weighted by atomic mass is 16.6. The molecule has 0 spiro atoms. The lowest BCUT2D eigenvalue weighted by molar-refractivity contribution is -0.385. The van der Waals surface area contributed by atoms with Crippen LogP contribution in [-0.2, 0) is 6.42 Å². The molecular weight excluding hydrogens is 248 g/mol. The summed E-state index contributed by atoms with van der Waals surface area (Å²) in [6.07, 6.45) is 2.42. The lowest BCUT2D eigenvalue weighted by atomic mass is 9.97. The summed E-state index contributed by atoms with van der Waals surface area (Å²) in [5.74, 6) is 0.0268. The predicted octanol–water partition coefficient (Wildman–Crippen LogP) is 1.26. The van der Waals surface area contributed by atoms with Gasteiger partial charge in [0.25, 0.3) is 5.69 Å². The SMILES string of the molecule is O=[N+]([O-])c1ccc(O)c([C@@H]2NCCc3[nH]cnc32)c1. The summed E-state index contributed by atoms with van der Waals surface area (Å²) in [5.41, 5.74) is 2.20. The van der Waals surface area contributed by atoms with E-state index in [0.29, 0.717) is 5.56 Å². The van der Waals surface area contributed by atoms with Gasteiger partial charge in [-0.3, -0.25) is 10.1 Å². The second-order valence-electron chi connectivity index (χ2n) is 4.40. The van der Waals surface area contributed by atoms with E-state index in [4.69, 9.17) is 0 Å². The van der Waals surface area contributed by atoms with Crippen molar-refractivity contribution in [2.75, 3.05) is 6.54 Å². The van der Waals surface area contributed by atoms with Crippen LogP contribution in [-0.4, -0.2) is 26.5 Å². The molecule has 0 radical (unpaired) electrons. The number of nitrogens with zero attached hydrogens (tertiary/aromatic N) is 2. The highest BCUT2D eigenvalue weighted by Crippen LogP contribution is 2.34. The predicted molar refractivity (Wildman–Crippen MR) is 66.9 cm³/mol. The van der Waals surface area contributed by atoms with Gasteiger partial charge >= 0.3 is 0 Å². The Balaban J connectivity index is 2.08. The summed E-state index contributed by atoms with van der Waals surface area (Å²) in [6.45, 7) is 0.724. The molecule has 0 unspecified atom stereocenters. The fourth-order valence-corrected chi connectivity index (χ4v) is 2.36. The molecule has 2 aromatic rings. The summed E-state index contributed by atoms with van der Waals surface area (Å²) >= 11 is 0. The number of aromatic hydroxyl groups is 1. The largest absolute Gasteiger partial charge is 0.508 e. The molecule has 0 bridgehead atoms. The van der Waals surface area contributed by atoms with E-state index in [2.05, 4.69) is 15.3 Å². The molecular formula is C12H12N4O3. The molecule has 1 aromatic carbocycles. The first-order valence-electron chi connectivity index (χ1n) is 5.89. The fraction of sp³-hybridized carbons (Fsp3) is 0.250. The molecule has 2 heterocycles. The van der Waals surface area contributed by atoms with Crippen LogP contribution in [0.5, 0.6) is 5.75 Å². The standard InChI is InChI=1S/C12H12N4O3/c17-10-2-1-7(16(18)19)5-8(10)11-12-9(3-4-13-11)14-6-15-12/h1-2,5-6,11,13,17H,3-4H2,(H,14,15)/t11-/m0/s1. The van der Waals surface area contributed by atoms with Gasteiger partial charge in [-0.1, -0.05) is 0 Å². The highest BCUT2D eigenvalue weighted by Gasteiger charge is 2.27. The van der Waals surface area contributed by atoms with E-state index in [-0.39, 0.29) is 17.5 Å². The number of aromatic nitrogens is 2. The molecule has 1 aromatic heterocycles. The van der Waals surface area contributed by atoms with E-state index in [1.165, 1.54) is 18.2 Å². The molecule has 7 heteroatoms. The third kappa shape index (κ3) is 1.93. The molecule has 0 saturated carbocycles. The normalized spacial score (nSPS) is 18.0. The molecule has 0 aliphatic carbocycles. The van der Waals surface area contributed by atoms with Crippen molar-refractivity contribution >= 4 is 5.69 Å². The van der Waals surface area contributed by atoms with E-state index in [1.807, 2.05) is 0 Å². The molecule has 3 rings (SSSR count). The Morgan fingerprint density at radius 1 is 1.47 bits per heavy atom. The first-order valence-corrected chi connectivity index (χ1v) is 5.89. The van der Waals surface area contributed by atoms with Crippen LogP contribution in [0, 0.1) is 10.1 Å². The maximum atomic E-state index is 10.8. The van der Waals surface area contributed by atoms with E-state index in [1.54, 1.807) is 6.33 Å². The monoisotopic (exact) mass is 260 g/mol. The van der Waals surface area contributed by atoms with Crippen molar-refractivity contribution in [3.8, 4) is 5.75 Å². The molecule has 3 N–H and O–H groups in total.